The monoisotopic (exact) mass is 331 g/mol. The fourth-order valence-electron chi connectivity index (χ4n) is 4.20. The number of rotatable bonds is 5. The van der Waals surface area contributed by atoms with Crippen molar-refractivity contribution in [3.8, 4) is 0 Å². The molecule has 1 aliphatic carbocycles. The van der Waals surface area contributed by atoms with Crippen LogP contribution in [0, 0.1) is 6.92 Å². The maximum Gasteiger partial charge on any atom is 0.303 e. The van der Waals surface area contributed by atoms with E-state index in [4.69, 9.17) is 10.1 Å². The third-order valence-corrected chi connectivity index (χ3v) is 5.43. The van der Waals surface area contributed by atoms with Gasteiger partial charge in [-0.2, -0.15) is 0 Å². The number of hydrogen-bond acceptors (Lipinski definition) is 4. The molecule has 24 heavy (non-hydrogen) atoms. The second-order valence-electron chi connectivity index (χ2n) is 7.38. The summed E-state index contributed by atoms with van der Waals surface area (Å²) < 4.78 is 0. The SMILES string of the molecule is Cc1cc(CCC(=O)O)nc([C@@H]2CCCN(C3CCCCC3)C2)n1. The normalized spacial score (nSPS) is 23.3. The summed E-state index contributed by atoms with van der Waals surface area (Å²) in [6.45, 7) is 4.25. The molecule has 2 heterocycles. The average molecular weight is 331 g/mol. The Labute approximate surface area is 144 Å². The number of carboxylic acid groups (broad SMARTS) is 1. The Morgan fingerprint density at radius 2 is 2.00 bits per heavy atom. The Kier molecular flexibility index (Phi) is 5.82. The van der Waals surface area contributed by atoms with Crippen molar-refractivity contribution in [2.75, 3.05) is 13.1 Å². The van der Waals surface area contributed by atoms with E-state index in [0.717, 1.165) is 36.2 Å². The number of piperidine rings is 1. The third-order valence-electron chi connectivity index (χ3n) is 5.43. The van der Waals surface area contributed by atoms with E-state index in [1.165, 1.54) is 45.1 Å². The van der Waals surface area contributed by atoms with Gasteiger partial charge in [-0.15, -0.1) is 0 Å². The van der Waals surface area contributed by atoms with Gasteiger partial charge in [-0.25, -0.2) is 9.97 Å². The molecular formula is C19H29N3O2. The lowest BCUT2D eigenvalue weighted by Gasteiger charge is -2.39. The predicted molar refractivity (Wildman–Crippen MR) is 93.1 cm³/mol. The molecule has 5 heteroatoms. The lowest BCUT2D eigenvalue weighted by atomic mass is 9.90. The molecule has 0 amide bonds. The van der Waals surface area contributed by atoms with Crippen molar-refractivity contribution in [3.05, 3.63) is 23.3 Å². The van der Waals surface area contributed by atoms with Crippen LogP contribution in [-0.2, 0) is 11.2 Å². The fourth-order valence-corrected chi connectivity index (χ4v) is 4.20. The molecule has 3 rings (SSSR count). The minimum absolute atomic E-state index is 0.134. The molecule has 2 aliphatic rings. The highest BCUT2D eigenvalue weighted by Crippen LogP contribution is 2.30. The number of carbonyl (C=O) groups is 1. The summed E-state index contributed by atoms with van der Waals surface area (Å²) in [7, 11) is 0. The van der Waals surface area contributed by atoms with Crippen LogP contribution in [0.15, 0.2) is 6.07 Å². The summed E-state index contributed by atoms with van der Waals surface area (Å²) in [5.74, 6) is 0.550. The van der Waals surface area contributed by atoms with Crippen LogP contribution in [-0.4, -0.2) is 45.1 Å². The van der Waals surface area contributed by atoms with E-state index in [-0.39, 0.29) is 6.42 Å². The smallest absolute Gasteiger partial charge is 0.303 e. The van der Waals surface area contributed by atoms with Gasteiger partial charge in [-0.3, -0.25) is 9.69 Å². The molecule has 1 atom stereocenters. The average Bonchev–Trinajstić information content (AvgIpc) is 2.60. The highest BCUT2D eigenvalue weighted by Gasteiger charge is 2.29. The molecule has 1 aliphatic heterocycles. The van der Waals surface area contributed by atoms with E-state index in [1.54, 1.807) is 0 Å². The summed E-state index contributed by atoms with van der Waals surface area (Å²) in [6.07, 6.45) is 9.78. The molecule has 0 bridgehead atoms. The molecule has 0 spiro atoms. The van der Waals surface area contributed by atoms with E-state index in [2.05, 4.69) is 9.88 Å². The van der Waals surface area contributed by atoms with Gasteiger partial charge in [0, 0.05) is 36.3 Å². The number of aliphatic carboxylic acids is 1. The van der Waals surface area contributed by atoms with E-state index < -0.39 is 5.97 Å². The molecule has 132 valence electrons. The van der Waals surface area contributed by atoms with Gasteiger partial charge in [0.05, 0.1) is 6.42 Å². The minimum Gasteiger partial charge on any atom is -0.481 e. The molecule has 0 unspecified atom stereocenters. The van der Waals surface area contributed by atoms with Gasteiger partial charge in [0.2, 0.25) is 0 Å². The summed E-state index contributed by atoms with van der Waals surface area (Å²) in [5.41, 5.74) is 1.82. The zero-order valence-corrected chi connectivity index (χ0v) is 14.7. The Bertz CT molecular complexity index is 570. The topological polar surface area (TPSA) is 66.3 Å². The Morgan fingerprint density at radius 3 is 2.75 bits per heavy atom. The molecule has 1 saturated carbocycles. The number of likely N-dealkylation sites (tertiary alicyclic amines) is 1. The largest absolute Gasteiger partial charge is 0.481 e. The number of aromatic nitrogens is 2. The molecule has 0 aromatic carbocycles. The van der Waals surface area contributed by atoms with Gasteiger partial charge in [-0.05, 0) is 45.2 Å². The van der Waals surface area contributed by atoms with E-state index >= 15 is 0 Å². The summed E-state index contributed by atoms with van der Waals surface area (Å²) in [6, 6.07) is 2.67. The Balaban J connectivity index is 1.69. The van der Waals surface area contributed by atoms with Crippen LogP contribution in [0.5, 0.6) is 0 Å². The van der Waals surface area contributed by atoms with Crippen molar-refractivity contribution in [2.24, 2.45) is 0 Å². The van der Waals surface area contributed by atoms with Crippen molar-refractivity contribution in [2.45, 2.75) is 76.7 Å². The van der Waals surface area contributed by atoms with Gasteiger partial charge in [-0.1, -0.05) is 19.3 Å². The highest BCUT2D eigenvalue weighted by molar-refractivity contribution is 5.66. The predicted octanol–water partition coefficient (Wildman–Crippen LogP) is 3.31. The van der Waals surface area contributed by atoms with Crippen molar-refractivity contribution >= 4 is 5.97 Å². The van der Waals surface area contributed by atoms with E-state index in [9.17, 15) is 4.79 Å². The van der Waals surface area contributed by atoms with Crippen LogP contribution in [0.1, 0.15) is 74.5 Å². The van der Waals surface area contributed by atoms with Gasteiger partial charge in [0.25, 0.3) is 0 Å². The number of carboxylic acids is 1. The first kappa shape index (κ1) is 17.3. The third kappa shape index (κ3) is 4.53. The van der Waals surface area contributed by atoms with Crippen LogP contribution in [0.4, 0.5) is 0 Å². The molecule has 1 saturated heterocycles. The van der Waals surface area contributed by atoms with Crippen LogP contribution in [0.2, 0.25) is 0 Å². The number of aryl methyl sites for hydroxylation is 2. The Hall–Kier alpha value is -1.49. The second kappa shape index (κ2) is 8.06. The van der Waals surface area contributed by atoms with E-state index in [0.29, 0.717) is 12.3 Å². The van der Waals surface area contributed by atoms with Gasteiger partial charge >= 0.3 is 5.97 Å². The van der Waals surface area contributed by atoms with Crippen molar-refractivity contribution in [1.29, 1.82) is 0 Å². The van der Waals surface area contributed by atoms with Crippen LogP contribution < -0.4 is 0 Å². The van der Waals surface area contributed by atoms with Crippen molar-refractivity contribution < 1.29 is 9.90 Å². The summed E-state index contributed by atoms with van der Waals surface area (Å²) in [5, 5.41) is 8.89. The maximum atomic E-state index is 10.8. The van der Waals surface area contributed by atoms with Crippen LogP contribution in [0.3, 0.4) is 0 Å². The quantitative estimate of drug-likeness (QED) is 0.896. The second-order valence-corrected chi connectivity index (χ2v) is 7.38. The highest BCUT2D eigenvalue weighted by atomic mass is 16.4. The maximum absolute atomic E-state index is 10.8. The molecule has 1 aromatic heterocycles. The molecule has 1 aromatic rings. The standard InChI is InChI=1S/C19H29N3O2/c1-14-12-16(9-10-18(23)24)21-19(20-14)15-6-5-11-22(13-15)17-7-3-2-4-8-17/h12,15,17H,2-11,13H2,1H3,(H,23,24)/t15-/m1/s1. The van der Waals surface area contributed by atoms with Gasteiger partial charge < -0.3 is 5.11 Å². The molecule has 2 fully saturated rings. The van der Waals surface area contributed by atoms with Crippen molar-refractivity contribution in [1.82, 2.24) is 14.9 Å². The first-order valence-corrected chi connectivity index (χ1v) is 9.42. The van der Waals surface area contributed by atoms with Crippen LogP contribution in [0.25, 0.3) is 0 Å². The lowest BCUT2D eigenvalue weighted by molar-refractivity contribution is -0.136. The zero-order chi connectivity index (χ0) is 16.9. The zero-order valence-electron chi connectivity index (χ0n) is 14.7. The summed E-state index contributed by atoms with van der Waals surface area (Å²) in [4.78, 5) is 22.9. The Morgan fingerprint density at radius 1 is 1.21 bits per heavy atom. The molecule has 1 N–H and O–H groups in total. The minimum atomic E-state index is -0.769. The molecule has 0 radical (unpaired) electrons. The fraction of sp³-hybridized carbons (Fsp3) is 0.737. The lowest BCUT2D eigenvalue weighted by Crippen LogP contribution is -2.43. The summed E-state index contributed by atoms with van der Waals surface area (Å²) >= 11 is 0. The molecular weight excluding hydrogens is 302 g/mol. The van der Waals surface area contributed by atoms with Crippen molar-refractivity contribution in [3.63, 3.8) is 0 Å². The van der Waals surface area contributed by atoms with Gasteiger partial charge in [0.15, 0.2) is 0 Å². The van der Waals surface area contributed by atoms with Gasteiger partial charge in [0.1, 0.15) is 5.82 Å². The molecule has 5 nitrogen and oxygen atoms in total. The first-order chi connectivity index (χ1) is 11.6. The number of hydrogen-bond donors (Lipinski definition) is 1. The van der Waals surface area contributed by atoms with E-state index in [1.807, 2.05) is 13.0 Å². The van der Waals surface area contributed by atoms with Crippen LogP contribution >= 0.6 is 0 Å². The first-order valence-electron chi connectivity index (χ1n) is 9.42. The number of nitrogens with zero attached hydrogens (tertiary/aromatic N) is 3.